The van der Waals surface area contributed by atoms with Crippen LogP contribution in [0.4, 0.5) is 5.82 Å². The largest absolute Gasteiger partial charge is 0.507 e. The number of halogens is 1. The second kappa shape index (κ2) is 8.00. The predicted molar refractivity (Wildman–Crippen MR) is 113 cm³/mol. The van der Waals surface area contributed by atoms with Gasteiger partial charge in [-0.25, -0.2) is 4.98 Å². The number of aromatic nitrogens is 1. The predicted octanol–water partition coefficient (Wildman–Crippen LogP) is 4.37. The molecule has 0 spiro atoms. The lowest BCUT2D eigenvalue weighted by atomic mass is 9.95. The van der Waals surface area contributed by atoms with Crippen LogP contribution in [-0.4, -0.2) is 28.9 Å². The number of pyridine rings is 1. The molecule has 1 N–H and O–H groups in total. The first-order valence-corrected chi connectivity index (χ1v) is 9.51. The van der Waals surface area contributed by atoms with E-state index in [9.17, 15) is 14.7 Å². The van der Waals surface area contributed by atoms with Gasteiger partial charge in [0, 0.05) is 16.8 Å². The van der Waals surface area contributed by atoms with Gasteiger partial charge in [-0.15, -0.1) is 0 Å². The van der Waals surface area contributed by atoms with Crippen molar-refractivity contribution in [3.63, 3.8) is 0 Å². The van der Waals surface area contributed by atoms with Crippen LogP contribution < -0.4 is 9.64 Å². The minimum atomic E-state index is -0.874. The van der Waals surface area contributed by atoms with Crippen LogP contribution in [0.2, 0.25) is 5.02 Å². The van der Waals surface area contributed by atoms with E-state index in [1.165, 1.54) is 18.2 Å². The van der Waals surface area contributed by atoms with E-state index in [1.54, 1.807) is 66.7 Å². The molecule has 1 saturated heterocycles. The molecule has 0 aliphatic carbocycles. The molecule has 6 nitrogen and oxygen atoms in total. The van der Waals surface area contributed by atoms with Crippen LogP contribution in [0.15, 0.2) is 78.5 Å². The second-order valence-corrected chi connectivity index (χ2v) is 7.08. The quantitative estimate of drug-likeness (QED) is 0.385. The fraction of sp³-hybridized carbons (Fsp3) is 0.0870. The molecule has 150 valence electrons. The fourth-order valence-corrected chi connectivity index (χ4v) is 3.66. The lowest BCUT2D eigenvalue weighted by Gasteiger charge is -2.24. The molecule has 1 aromatic heterocycles. The molecule has 1 aliphatic rings. The highest BCUT2D eigenvalue weighted by Gasteiger charge is 2.47. The molecule has 1 atom stereocenters. The number of aliphatic hydroxyl groups is 1. The number of hydrogen-bond acceptors (Lipinski definition) is 5. The Kier molecular flexibility index (Phi) is 5.25. The number of carbonyl (C=O) groups excluding carboxylic acids is 2. The van der Waals surface area contributed by atoms with Gasteiger partial charge >= 0.3 is 5.91 Å². The molecule has 30 heavy (non-hydrogen) atoms. The molecule has 0 unspecified atom stereocenters. The molecule has 0 radical (unpaired) electrons. The number of ether oxygens (including phenoxy) is 1. The summed E-state index contributed by atoms with van der Waals surface area (Å²) >= 11 is 6.17. The van der Waals surface area contributed by atoms with E-state index >= 15 is 0 Å². The SMILES string of the molecule is COc1ccc(C(O)=C2C(=O)C(=O)N(c3ccccn3)[C@@H]2c2cccc(Cl)c2)cc1. The van der Waals surface area contributed by atoms with Crippen LogP contribution in [0.25, 0.3) is 5.76 Å². The van der Waals surface area contributed by atoms with Crippen molar-refractivity contribution in [3.8, 4) is 5.75 Å². The smallest absolute Gasteiger partial charge is 0.301 e. The van der Waals surface area contributed by atoms with Crippen molar-refractivity contribution in [3.05, 3.63) is 94.6 Å². The maximum absolute atomic E-state index is 13.0. The Labute approximate surface area is 178 Å². The molecular formula is C23H17ClN2O4. The second-order valence-electron chi connectivity index (χ2n) is 6.64. The summed E-state index contributed by atoms with van der Waals surface area (Å²) in [5.41, 5.74) is 0.947. The highest BCUT2D eigenvalue weighted by Crippen LogP contribution is 2.42. The third-order valence-electron chi connectivity index (χ3n) is 4.87. The molecule has 2 aromatic carbocycles. The normalized spacial score (nSPS) is 17.9. The Bertz CT molecular complexity index is 1140. The number of methoxy groups -OCH3 is 1. The Balaban J connectivity index is 1.93. The van der Waals surface area contributed by atoms with Crippen LogP contribution >= 0.6 is 11.6 Å². The van der Waals surface area contributed by atoms with Crippen molar-refractivity contribution in [2.45, 2.75) is 6.04 Å². The number of benzene rings is 2. The van der Waals surface area contributed by atoms with Crippen LogP contribution in [-0.2, 0) is 9.59 Å². The Morgan fingerprint density at radius 3 is 2.47 bits per heavy atom. The van der Waals surface area contributed by atoms with Crippen molar-refractivity contribution < 1.29 is 19.4 Å². The van der Waals surface area contributed by atoms with Gasteiger partial charge in [0.05, 0.1) is 18.7 Å². The summed E-state index contributed by atoms with van der Waals surface area (Å²) in [4.78, 5) is 31.5. The first kappa shape index (κ1) is 19.7. The monoisotopic (exact) mass is 420 g/mol. The highest BCUT2D eigenvalue weighted by atomic mass is 35.5. The van der Waals surface area contributed by atoms with Gasteiger partial charge in [-0.2, -0.15) is 0 Å². The topological polar surface area (TPSA) is 79.7 Å². The van der Waals surface area contributed by atoms with Crippen molar-refractivity contribution in [1.82, 2.24) is 4.98 Å². The Morgan fingerprint density at radius 1 is 1.07 bits per heavy atom. The molecule has 2 heterocycles. The minimum Gasteiger partial charge on any atom is -0.507 e. The third-order valence-corrected chi connectivity index (χ3v) is 5.10. The zero-order valence-electron chi connectivity index (χ0n) is 15.9. The number of aliphatic hydroxyl groups excluding tert-OH is 1. The van der Waals surface area contributed by atoms with E-state index in [0.29, 0.717) is 27.7 Å². The van der Waals surface area contributed by atoms with E-state index < -0.39 is 17.7 Å². The molecular weight excluding hydrogens is 404 g/mol. The summed E-state index contributed by atoms with van der Waals surface area (Å²) in [7, 11) is 1.53. The maximum atomic E-state index is 13.0. The fourth-order valence-electron chi connectivity index (χ4n) is 3.46. The lowest BCUT2D eigenvalue weighted by Crippen LogP contribution is -2.30. The molecule has 1 aliphatic heterocycles. The van der Waals surface area contributed by atoms with Crippen LogP contribution in [0.3, 0.4) is 0 Å². The Morgan fingerprint density at radius 2 is 1.83 bits per heavy atom. The van der Waals surface area contributed by atoms with Crippen LogP contribution in [0.1, 0.15) is 17.2 Å². The van der Waals surface area contributed by atoms with E-state index in [-0.39, 0.29) is 11.3 Å². The minimum absolute atomic E-state index is 0.0295. The van der Waals surface area contributed by atoms with Gasteiger partial charge in [-0.05, 0) is 54.1 Å². The molecule has 4 rings (SSSR count). The molecule has 0 saturated carbocycles. The molecule has 0 bridgehead atoms. The zero-order chi connectivity index (χ0) is 21.3. The average molecular weight is 421 g/mol. The summed E-state index contributed by atoms with van der Waals surface area (Å²) in [6, 6.07) is 17.6. The van der Waals surface area contributed by atoms with E-state index in [2.05, 4.69) is 4.98 Å². The van der Waals surface area contributed by atoms with Crippen molar-refractivity contribution in [2.24, 2.45) is 0 Å². The number of nitrogens with zero attached hydrogens (tertiary/aromatic N) is 2. The molecule has 3 aromatic rings. The number of rotatable bonds is 4. The first-order chi connectivity index (χ1) is 14.5. The van der Waals surface area contributed by atoms with Crippen molar-refractivity contribution in [2.75, 3.05) is 12.0 Å². The van der Waals surface area contributed by atoms with Gasteiger partial charge in [-0.1, -0.05) is 29.8 Å². The maximum Gasteiger partial charge on any atom is 0.301 e. The zero-order valence-corrected chi connectivity index (χ0v) is 16.7. The van der Waals surface area contributed by atoms with Gasteiger partial charge < -0.3 is 9.84 Å². The van der Waals surface area contributed by atoms with E-state index in [4.69, 9.17) is 16.3 Å². The first-order valence-electron chi connectivity index (χ1n) is 9.13. The molecule has 1 fully saturated rings. The van der Waals surface area contributed by atoms with Crippen LogP contribution in [0, 0.1) is 0 Å². The van der Waals surface area contributed by atoms with Gasteiger partial charge in [0.25, 0.3) is 5.78 Å². The molecule has 7 heteroatoms. The summed E-state index contributed by atoms with van der Waals surface area (Å²) in [6.07, 6.45) is 1.53. The number of Topliss-reactive ketones (excluding diaryl/α,β-unsaturated/α-hetero) is 1. The third kappa shape index (κ3) is 3.42. The standard InChI is InChI=1S/C23H17ClN2O4/c1-30-17-10-8-14(9-11-17)21(27)19-20(15-5-4-6-16(24)13-15)26(23(29)22(19)28)18-7-2-3-12-25-18/h2-13,20,27H,1H3/t20-/m1/s1. The number of amides is 1. The van der Waals surface area contributed by atoms with Crippen LogP contribution in [0.5, 0.6) is 5.75 Å². The number of carbonyl (C=O) groups is 2. The van der Waals surface area contributed by atoms with Crippen molar-refractivity contribution >= 4 is 34.9 Å². The highest BCUT2D eigenvalue weighted by molar-refractivity contribution is 6.51. The van der Waals surface area contributed by atoms with Gasteiger partial charge in [0.1, 0.15) is 17.3 Å². The lowest BCUT2D eigenvalue weighted by molar-refractivity contribution is -0.132. The molecule has 1 amide bonds. The number of anilines is 1. The summed E-state index contributed by atoms with van der Waals surface area (Å²) < 4.78 is 5.14. The van der Waals surface area contributed by atoms with Gasteiger partial charge in [0.15, 0.2) is 0 Å². The van der Waals surface area contributed by atoms with Gasteiger partial charge in [0.2, 0.25) is 0 Å². The van der Waals surface area contributed by atoms with E-state index in [1.807, 2.05) is 0 Å². The summed E-state index contributed by atoms with van der Waals surface area (Å²) in [5.74, 6) is -0.933. The summed E-state index contributed by atoms with van der Waals surface area (Å²) in [6.45, 7) is 0. The number of hydrogen-bond donors (Lipinski definition) is 1. The number of ketones is 1. The van der Waals surface area contributed by atoms with Crippen molar-refractivity contribution in [1.29, 1.82) is 0 Å². The summed E-state index contributed by atoms with van der Waals surface area (Å²) in [5, 5.41) is 11.5. The Hall–Kier alpha value is -3.64. The van der Waals surface area contributed by atoms with Gasteiger partial charge in [-0.3, -0.25) is 14.5 Å². The average Bonchev–Trinajstić information content (AvgIpc) is 3.04. The van der Waals surface area contributed by atoms with E-state index in [0.717, 1.165) is 0 Å².